The second kappa shape index (κ2) is 6.08. The zero-order valence-corrected chi connectivity index (χ0v) is 13.0. The van der Waals surface area contributed by atoms with Gasteiger partial charge in [-0.25, -0.2) is 17.2 Å². The van der Waals surface area contributed by atoms with Crippen molar-refractivity contribution in [1.82, 2.24) is 0 Å². The first-order valence-corrected chi connectivity index (χ1v) is 8.07. The SMILES string of the molecule is NCc1cc(S(=O)(=O)Nc2ccc(F)c(Br)c2)ccc1F. The van der Waals surface area contributed by atoms with Crippen molar-refractivity contribution in [2.24, 2.45) is 5.73 Å². The van der Waals surface area contributed by atoms with E-state index in [4.69, 9.17) is 5.73 Å². The van der Waals surface area contributed by atoms with Crippen LogP contribution in [0, 0.1) is 11.6 Å². The Bertz CT molecular complexity index is 782. The van der Waals surface area contributed by atoms with Crippen LogP contribution < -0.4 is 10.5 Å². The third-order valence-electron chi connectivity index (χ3n) is 2.72. The first kappa shape index (κ1) is 15.9. The lowest BCUT2D eigenvalue weighted by Gasteiger charge is -2.10. The van der Waals surface area contributed by atoms with Crippen LogP contribution in [0.4, 0.5) is 14.5 Å². The van der Waals surface area contributed by atoms with Crippen molar-refractivity contribution in [3.05, 3.63) is 58.1 Å². The number of nitrogens with one attached hydrogen (secondary N) is 1. The molecule has 0 aliphatic rings. The van der Waals surface area contributed by atoms with Crippen molar-refractivity contribution < 1.29 is 17.2 Å². The van der Waals surface area contributed by atoms with Gasteiger partial charge < -0.3 is 5.73 Å². The molecule has 0 saturated carbocycles. The first-order chi connectivity index (χ1) is 9.83. The van der Waals surface area contributed by atoms with Crippen molar-refractivity contribution in [3.63, 3.8) is 0 Å². The van der Waals surface area contributed by atoms with Crippen molar-refractivity contribution in [2.45, 2.75) is 11.4 Å². The summed E-state index contributed by atoms with van der Waals surface area (Å²) >= 11 is 2.97. The summed E-state index contributed by atoms with van der Waals surface area (Å²) in [6.07, 6.45) is 0. The topological polar surface area (TPSA) is 72.2 Å². The predicted octanol–water partition coefficient (Wildman–Crippen LogP) is 2.99. The fourth-order valence-corrected chi connectivity index (χ4v) is 3.13. The van der Waals surface area contributed by atoms with Gasteiger partial charge in [-0.2, -0.15) is 0 Å². The molecule has 2 aromatic carbocycles. The van der Waals surface area contributed by atoms with Crippen LogP contribution in [0.25, 0.3) is 0 Å². The maximum absolute atomic E-state index is 13.3. The highest BCUT2D eigenvalue weighted by Gasteiger charge is 2.16. The molecule has 0 heterocycles. The van der Waals surface area contributed by atoms with Crippen LogP contribution in [0.2, 0.25) is 0 Å². The summed E-state index contributed by atoms with van der Waals surface area (Å²) in [5, 5.41) is 0. The third kappa shape index (κ3) is 3.58. The van der Waals surface area contributed by atoms with E-state index in [1.807, 2.05) is 0 Å². The van der Waals surface area contributed by atoms with Gasteiger partial charge in [0, 0.05) is 12.1 Å². The molecule has 112 valence electrons. The van der Waals surface area contributed by atoms with E-state index < -0.39 is 21.7 Å². The Hall–Kier alpha value is -1.51. The van der Waals surface area contributed by atoms with E-state index in [-0.39, 0.29) is 27.2 Å². The lowest BCUT2D eigenvalue weighted by atomic mass is 10.2. The lowest BCUT2D eigenvalue weighted by molar-refractivity contribution is 0.596. The summed E-state index contributed by atoms with van der Waals surface area (Å²) in [5.41, 5.74) is 5.63. The molecule has 0 unspecified atom stereocenters. The fraction of sp³-hybridized carbons (Fsp3) is 0.0769. The molecule has 0 saturated heterocycles. The molecular weight excluding hydrogens is 366 g/mol. The molecular formula is C13H11BrF2N2O2S. The Morgan fingerprint density at radius 1 is 1.10 bits per heavy atom. The molecule has 0 aliphatic heterocycles. The van der Waals surface area contributed by atoms with E-state index in [0.717, 1.165) is 24.3 Å². The zero-order chi connectivity index (χ0) is 15.6. The quantitative estimate of drug-likeness (QED) is 0.861. The van der Waals surface area contributed by atoms with E-state index in [0.29, 0.717) is 0 Å². The van der Waals surface area contributed by atoms with Gasteiger partial charge in [-0.1, -0.05) is 0 Å². The van der Waals surface area contributed by atoms with Crippen LogP contribution in [-0.2, 0) is 16.6 Å². The standard InChI is InChI=1S/C13H11BrF2N2O2S/c14-11-6-9(1-3-13(11)16)18-21(19,20)10-2-4-12(15)8(5-10)7-17/h1-6,18H,7,17H2. The molecule has 0 aromatic heterocycles. The van der Waals surface area contributed by atoms with Gasteiger partial charge in [0.1, 0.15) is 11.6 Å². The number of nitrogens with two attached hydrogens (primary N) is 1. The average molecular weight is 377 g/mol. The molecule has 0 spiro atoms. The number of hydrogen-bond acceptors (Lipinski definition) is 3. The Morgan fingerprint density at radius 2 is 1.76 bits per heavy atom. The van der Waals surface area contributed by atoms with Crippen LogP contribution in [0.15, 0.2) is 45.8 Å². The van der Waals surface area contributed by atoms with Gasteiger partial charge in [0.25, 0.3) is 10.0 Å². The highest BCUT2D eigenvalue weighted by atomic mass is 79.9. The Balaban J connectivity index is 2.35. The molecule has 0 radical (unpaired) electrons. The molecule has 0 aliphatic carbocycles. The van der Waals surface area contributed by atoms with Crippen molar-refractivity contribution in [1.29, 1.82) is 0 Å². The highest BCUT2D eigenvalue weighted by Crippen LogP contribution is 2.23. The number of anilines is 1. The van der Waals surface area contributed by atoms with Crippen LogP contribution in [0.1, 0.15) is 5.56 Å². The smallest absolute Gasteiger partial charge is 0.261 e. The normalized spacial score (nSPS) is 11.4. The monoisotopic (exact) mass is 376 g/mol. The van der Waals surface area contributed by atoms with Crippen LogP contribution in [0.3, 0.4) is 0 Å². The summed E-state index contributed by atoms with van der Waals surface area (Å²) in [7, 11) is -3.91. The maximum atomic E-state index is 13.3. The average Bonchev–Trinajstić information content (AvgIpc) is 2.43. The number of halogens is 3. The van der Waals surface area contributed by atoms with Crippen molar-refractivity contribution in [3.8, 4) is 0 Å². The van der Waals surface area contributed by atoms with Gasteiger partial charge in [-0.3, -0.25) is 4.72 Å². The molecule has 2 aromatic rings. The lowest BCUT2D eigenvalue weighted by Crippen LogP contribution is -2.14. The van der Waals surface area contributed by atoms with Crippen LogP contribution >= 0.6 is 15.9 Å². The van der Waals surface area contributed by atoms with Gasteiger partial charge in [0.2, 0.25) is 0 Å². The molecule has 8 heteroatoms. The van der Waals surface area contributed by atoms with Gasteiger partial charge in [-0.05, 0) is 52.3 Å². The second-order valence-corrected chi connectivity index (χ2v) is 6.73. The van der Waals surface area contributed by atoms with E-state index in [9.17, 15) is 17.2 Å². The minimum absolute atomic E-state index is 0.0955. The third-order valence-corrected chi connectivity index (χ3v) is 4.71. The van der Waals surface area contributed by atoms with E-state index in [1.165, 1.54) is 12.1 Å². The van der Waals surface area contributed by atoms with E-state index in [2.05, 4.69) is 20.7 Å². The molecule has 0 fully saturated rings. The summed E-state index contributed by atoms with van der Waals surface area (Å²) in [5.74, 6) is -1.08. The van der Waals surface area contributed by atoms with Crippen LogP contribution in [0.5, 0.6) is 0 Å². The molecule has 4 nitrogen and oxygen atoms in total. The summed E-state index contributed by atoms with van der Waals surface area (Å²) < 4.78 is 53.3. The number of sulfonamides is 1. The van der Waals surface area contributed by atoms with E-state index >= 15 is 0 Å². The summed E-state index contributed by atoms with van der Waals surface area (Å²) in [4.78, 5) is -0.121. The second-order valence-electron chi connectivity index (χ2n) is 4.19. The molecule has 0 bridgehead atoms. The number of benzene rings is 2. The predicted molar refractivity (Wildman–Crippen MR) is 79.2 cm³/mol. The minimum atomic E-state index is -3.91. The maximum Gasteiger partial charge on any atom is 0.261 e. The molecule has 0 atom stereocenters. The van der Waals surface area contributed by atoms with Gasteiger partial charge in [-0.15, -0.1) is 0 Å². The van der Waals surface area contributed by atoms with E-state index in [1.54, 1.807) is 0 Å². The first-order valence-electron chi connectivity index (χ1n) is 5.80. The summed E-state index contributed by atoms with van der Waals surface area (Å²) in [6, 6.07) is 7.03. The van der Waals surface area contributed by atoms with Crippen LogP contribution in [-0.4, -0.2) is 8.42 Å². The van der Waals surface area contributed by atoms with Gasteiger partial charge in [0.05, 0.1) is 15.1 Å². The Labute approximate surface area is 129 Å². The molecule has 0 amide bonds. The summed E-state index contributed by atoms with van der Waals surface area (Å²) in [6.45, 7) is -0.114. The largest absolute Gasteiger partial charge is 0.326 e. The highest BCUT2D eigenvalue weighted by molar-refractivity contribution is 9.10. The number of rotatable bonds is 4. The Morgan fingerprint density at radius 3 is 2.38 bits per heavy atom. The minimum Gasteiger partial charge on any atom is -0.326 e. The molecule has 3 N–H and O–H groups in total. The van der Waals surface area contributed by atoms with Gasteiger partial charge >= 0.3 is 0 Å². The van der Waals surface area contributed by atoms with Crippen molar-refractivity contribution in [2.75, 3.05) is 4.72 Å². The van der Waals surface area contributed by atoms with Gasteiger partial charge in [0.15, 0.2) is 0 Å². The fourth-order valence-electron chi connectivity index (χ4n) is 1.65. The number of hydrogen-bond donors (Lipinski definition) is 2. The zero-order valence-electron chi connectivity index (χ0n) is 10.6. The van der Waals surface area contributed by atoms with Crippen molar-refractivity contribution >= 4 is 31.6 Å². The molecule has 21 heavy (non-hydrogen) atoms. The molecule has 2 rings (SSSR count). The Kier molecular flexibility index (Phi) is 4.60.